The molecule has 2 atom stereocenters. The predicted molar refractivity (Wildman–Crippen MR) is 198 cm³/mol. The summed E-state index contributed by atoms with van der Waals surface area (Å²) < 4.78 is 1.27. The molecule has 0 saturated carbocycles. The molecule has 0 bridgehead atoms. The normalized spacial score (nSPS) is 16.7. The average molecular weight is 688 g/mol. The fourth-order valence-electron chi connectivity index (χ4n) is 8.41. The van der Waals surface area contributed by atoms with E-state index in [-0.39, 0.29) is 0 Å². The Hall–Kier alpha value is -3.58. The second kappa shape index (κ2) is 12.2. The van der Waals surface area contributed by atoms with Gasteiger partial charge in [0.1, 0.15) is 0 Å². The van der Waals surface area contributed by atoms with E-state index in [4.69, 9.17) is 0 Å². The van der Waals surface area contributed by atoms with Gasteiger partial charge in [-0.3, -0.25) is 0 Å². The summed E-state index contributed by atoms with van der Waals surface area (Å²) in [6.45, 7) is 10.1. The van der Waals surface area contributed by atoms with Gasteiger partial charge in [0.15, 0.2) is 0 Å². The Labute approximate surface area is 281 Å². The minimum absolute atomic E-state index is 0.514. The fourth-order valence-corrected chi connectivity index (χ4v) is 29.2. The molecule has 2 heteroatoms. The third kappa shape index (κ3) is 4.80. The van der Waals surface area contributed by atoms with E-state index in [1.54, 1.807) is 22.3 Å². The first-order chi connectivity index (χ1) is 22.6. The van der Waals surface area contributed by atoms with Gasteiger partial charge in [-0.05, 0) is 0 Å². The van der Waals surface area contributed by atoms with Crippen LogP contribution in [-0.2, 0) is 20.4 Å². The average Bonchev–Trinajstić information content (AvgIpc) is 3.66. The van der Waals surface area contributed by atoms with Crippen LogP contribution in [0.4, 0.5) is 0 Å². The molecule has 0 heterocycles. The first-order valence-electron chi connectivity index (χ1n) is 16.9. The molecule has 0 fully saturated rings. The van der Waals surface area contributed by atoms with Gasteiger partial charge in [0.2, 0.25) is 0 Å². The Morgan fingerprint density at radius 3 is 1.30 bits per heavy atom. The zero-order chi connectivity index (χ0) is 31.4. The summed E-state index contributed by atoms with van der Waals surface area (Å²) in [5, 5.41) is 5.34. The fraction of sp³-hybridized carbons (Fsp3) is 0.182. The van der Waals surface area contributed by atoms with Crippen LogP contribution < -0.4 is 0 Å². The summed E-state index contributed by atoms with van der Waals surface area (Å²) in [5.74, 6) is 0. The van der Waals surface area contributed by atoms with E-state index in [9.17, 15) is 0 Å². The van der Waals surface area contributed by atoms with Crippen molar-refractivity contribution in [3.63, 3.8) is 0 Å². The topological polar surface area (TPSA) is 0 Å². The summed E-state index contributed by atoms with van der Waals surface area (Å²) >= 11 is -2.22. The Kier molecular flexibility index (Phi) is 7.92. The van der Waals surface area contributed by atoms with Crippen molar-refractivity contribution in [2.24, 2.45) is 0 Å². The van der Waals surface area contributed by atoms with Crippen LogP contribution in [0.5, 0.6) is 0 Å². The molecule has 0 amide bonds. The molecule has 2 aliphatic carbocycles. The third-order valence-corrected chi connectivity index (χ3v) is 30.0. The van der Waals surface area contributed by atoms with Crippen molar-refractivity contribution in [1.29, 1.82) is 0 Å². The maximum atomic E-state index is 2.65. The molecule has 2 aliphatic rings. The SMILES string of the molecule is CCC1=Cc2c(-c3cccc4ccccc34)cccc2[CH]1[Zr]([CH]1C(CC)=Cc2c(-c3cccc4ccccc34)cccc21)=[Si](C)C. The van der Waals surface area contributed by atoms with Crippen molar-refractivity contribution in [1.82, 2.24) is 0 Å². The first kappa shape index (κ1) is 29.8. The molecular formula is C44H40SiZr. The third-order valence-electron chi connectivity index (χ3n) is 10.5. The molecule has 0 nitrogen and oxygen atoms in total. The quantitative estimate of drug-likeness (QED) is 0.153. The zero-order valence-electron chi connectivity index (χ0n) is 27.3. The summed E-state index contributed by atoms with van der Waals surface area (Å²) in [6.07, 6.45) is 7.52. The van der Waals surface area contributed by atoms with Crippen LogP contribution in [0.15, 0.2) is 132 Å². The molecule has 0 aromatic heterocycles. The van der Waals surface area contributed by atoms with E-state index < -0.39 is 25.8 Å². The Bertz CT molecular complexity index is 2100. The molecule has 0 aliphatic heterocycles. The predicted octanol–water partition coefficient (Wildman–Crippen LogP) is 12.6. The maximum absolute atomic E-state index is 2.65. The first-order valence-corrected chi connectivity index (χ1v) is 25.9. The molecule has 0 N–H and O–H groups in total. The van der Waals surface area contributed by atoms with Crippen LogP contribution in [0.1, 0.15) is 56.2 Å². The number of hydrogen-bond acceptors (Lipinski definition) is 0. The van der Waals surface area contributed by atoms with E-state index >= 15 is 0 Å². The minimum atomic E-state index is -2.22. The van der Waals surface area contributed by atoms with E-state index in [2.05, 4.69) is 160 Å². The van der Waals surface area contributed by atoms with Gasteiger partial charge >= 0.3 is 284 Å². The van der Waals surface area contributed by atoms with Crippen LogP contribution in [-0.4, -0.2) is 5.43 Å². The van der Waals surface area contributed by atoms with Gasteiger partial charge in [0, 0.05) is 0 Å². The number of allylic oxidation sites excluding steroid dienone is 2. The van der Waals surface area contributed by atoms with E-state index in [1.165, 1.54) is 54.9 Å². The molecule has 6 aromatic carbocycles. The molecule has 6 aromatic rings. The second-order valence-corrected chi connectivity index (χ2v) is 31.0. The van der Waals surface area contributed by atoms with Crippen molar-refractivity contribution in [3.8, 4) is 22.3 Å². The van der Waals surface area contributed by atoms with Gasteiger partial charge in [0.05, 0.1) is 0 Å². The van der Waals surface area contributed by atoms with Gasteiger partial charge in [0.25, 0.3) is 0 Å². The molecule has 224 valence electrons. The van der Waals surface area contributed by atoms with Gasteiger partial charge in [-0.25, -0.2) is 0 Å². The van der Waals surface area contributed by atoms with Crippen molar-refractivity contribution in [2.45, 2.75) is 47.0 Å². The number of fused-ring (bicyclic) bond motifs is 4. The summed E-state index contributed by atoms with van der Waals surface area (Å²) in [5.41, 5.74) is 14.6. The Balaban J connectivity index is 1.30. The van der Waals surface area contributed by atoms with Crippen molar-refractivity contribution < 1.29 is 20.4 Å². The molecule has 2 unspecified atom stereocenters. The van der Waals surface area contributed by atoms with E-state index in [0.717, 1.165) is 12.8 Å². The standard InChI is InChI=1S/2C21H17.C2H6Si.Zr/c2*1-2-15-13-17-9-6-12-20(21(17)14-15)19-11-5-8-16-7-3-4-10-18(16)19;1-3-2;/h2*3-14H,2H2,1H3;1-2H3;. The Morgan fingerprint density at radius 2 is 0.870 bits per heavy atom. The molecule has 0 saturated heterocycles. The molecule has 0 radical (unpaired) electrons. The van der Waals surface area contributed by atoms with Crippen molar-refractivity contribution in [2.75, 3.05) is 0 Å². The van der Waals surface area contributed by atoms with Crippen LogP contribution >= 0.6 is 0 Å². The van der Waals surface area contributed by atoms with Gasteiger partial charge in [-0.1, -0.05) is 0 Å². The number of benzene rings is 6. The zero-order valence-corrected chi connectivity index (χ0v) is 30.7. The summed E-state index contributed by atoms with van der Waals surface area (Å²) in [7, 11) is 0. The molecule has 46 heavy (non-hydrogen) atoms. The molecule has 0 spiro atoms. The van der Waals surface area contributed by atoms with Gasteiger partial charge < -0.3 is 0 Å². The van der Waals surface area contributed by atoms with Crippen LogP contribution in [0.3, 0.4) is 0 Å². The molecule has 8 rings (SSSR count). The van der Waals surface area contributed by atoms with E-state index in [0.29, 0.717) is 7.25 Å². The second-order valence-electron chi connectivity index (χ2n) is 13.1. The van der Waals surface area contributed by atoms with Gasteiger partial charge in [-0.15, -0.1) is 0 Å². The Morgan fingerprint density at radius 1 is 0.478 bits per heavy atom. The van der Waals surface area contributed by atoms with E-state index in [1.807, 2.05) is 0 Å². The number of hydrogen-bond donors (Lipinski definition) is 0. The van der Waals surface area contributed by atoms with Crippen molar-refractivity contribution >= 4 is 39.1 Å². The van der Waals surface area contributed by atoms with Crippen molar-refractivity contribution in [3.05, 3.63) is 155 Å². The van der Waals surface area contributed by atoms with Crippen LogP contribution in [0, 0.1) is 0 Å². The number of rotatable bonds is 6. The van der Waals surface area contributed by atoms with Crippen LogP contribution in [0.25, 0.3) is 56.0 Å². The monoisotopic (exact) mass is 686 g/mol. The van der Waals surface area contributed by atoms with Gasteiger partial charge in [-0.2, -0.15) is 0 Å². The summed E-state index contributed by atoms with van der Waals surface area (Å²) in [6, 6.07) is 45.8. The molecular weight excluding hydrogens is 648 g/mol. The summed E-state index contributed by atoms with van der Waals surface area (Å²) in [4.78, 5) is 0. The van der Waals surface area contributed by atoms with Crippen LogP contribution in [0.2, 0.25) is 13.1 Å².